The molecule has 160 valence electrons. The molecule has 0 saturated heterocycles. The van der Waals surface area contributed by atoms with E-state index in [1.54, 1.807) is 0 Å². The van der Waals surface area contributed by atoms with E-state index in [0.717, 1.165) is 25.1 Å². The summed E-state index contributed by atoms with van der Waals surface area (Å²) in [4.78, 5) is 23.9. The van der Waals surface area contributed by atoms with Gasteiger partial charge >= 0.3 is 0 Å². The van der Waals surface area contributed by atoms with Crippen molar-refractivity contribution in [1.29, 1.82) is 0 Å². The summed E-state index contributed by atoms with van der Waals surface area (Å²) in [6, 6.07) is 2.90. The van der Waals surface area contributed by atoms with Gasteiger partial charge in [-0.15, -0.1) is 0 Å². The molecule has 0 spiro atoms. The first-order valence-electron chi connectivity index (χ1n) is 8.24. The Hall–Kier alpha value is -2.76. The minimum absolute atomic E-state index is 0.0925. The number of nitrogens with two attached hydrogens (primary N) is 1. The molecule has 1 heterocycles. The van der Waals surface area contributed by atoms with E-state index in [4.69, 9.17) is 20.4 Å². The third-order valence-electron chi connectivity index (χ3n) is 4.51. The van der Waals surface area contributed by atoms with E-state index in [1.807, 2.05) is 0 Å². The van der Waals surface area contributed by atoms with Crippen LogP contribution in [0.3, 0.4) is 0 Å². The highest BCUT2D eigenvalue weighted by atomic mass is 19.3. The summed E-state index contributed by atoms with van der Waals surface area (Å²) >= 11 is 0. The zero-order valence-corrected chi connectivity index (χ0v) is 15.1. The van der Waals surface area contributed by atoms with E-state index in [-0.39, 0.29) is 24.6 Å². The Labute approximate surface area is 161 Å². The molecule has 2 aliphatic rings. The van der Waals surface area contributed by atoms with Crippen LogP contribution in [0.25, 0.3) is 0 Å². The molecule has 1 aromatic rings. The van der Waals surface area contributed by atoms with Gasteiger partial charge in [-0.05, 0) is 25.1 Å². The first kappa shape index (κ1) is 22.5. The van der Waals surface area contributed by atoms with Gasteiger partial charge in [-0.2, -0.15) is 0 Å². The number of halogens is 5. The van der Waals surface area contributed by atoms with Crippen LogP contribution in [0, 0.1) is 11.7 Å². The van der Waals surface area contributed by atoms with Crippen molar-refractivity contribution in [2.24, 2.45) is 16.6 Å². The van der Waals surface area contributed by atoms with Crippen LogP contribution in [-0.2, 0) is 19.9 Å². The topological polar surface area (TPSA) is 114 Å². The highest BCUT2D eigenvalue weighted by Gasteiger charge is 2.61. The lowest BCUT2D eigenvalue weighted by molar-refractivity contribution is -0.123. The number of carbonyl (C=O) groups is 2. The van der Waals surface area contributed by atoms with E-state index in [2.05, 4.69) is 10.3 Å². The predicted molar refractivity (Wildman–Crippen MR) is 91.5 cm³/mol. The van der Waals surface area contributed by atoms with Gasteiger partial charge in [0.25, 0.3) is 18.3 Å². The minimum atomic E-state index is -3.60. The van der Waals surface area contributed by atoms with Crippen molar-refractivity contribution in [3.63, 3.8) is 0 Å². The molecule has 2 unspecified atom stereocenters. The van der Waals surface area contributed by atoms with Crippen LogP contribution in [0.15, 0.2) is 23.2 Å². The van der Waals surface area contributed by atoms with Crippen LogP contribution >= 0.6 is 0 Å². The van der Waals surface area contributed by atoms with Crippen molar-refractivity contribution in [1.82, 2.24) is 0 Å². The average molecular weight is 423 g/mol. The number of amidine groups is 1. The Bertz CT molecular complexity index is 833. The fourth-order valence-corrected chi connectivity index (χ4v) is 2.79. The van der Waals surface area contributed by atoms with Crippen LogP contribution in [-0.4, -0.2) is 48.4 Å². The lowest BCUT2D eigenvalue weighted by atomic mass is 9.85. The molecule has 1 aromatic carbocycles. The first-order valence-corrected chi connectivity index (χ1v) is 8.24. The lowest BCUT2D eigenvalue weighted by Gasteiger charge is -2.33. The number of hydrogen-bond donors (Lipinski definition) is 3. The molecule has 0 aromatic heterocycles. The van der Waals surface area contributed by atoms with E-state index >= 15 is 0 Å². The largest absolute Gasteiger partial charge is 0.483 e. The van der Waals surface area contributed by atoms with Gasteiger partial charge in [-0.3, -0.25) is 14.6 Å². The number of aliphatic imine (C=N–C) groups is 1. The van der Waals surface area contributed by atoms with Gasteiger partial charge < -0.3 is 20.9 Å². The van der Waals surface area contributed by atoms with Crippen LogP contribution < -0.4 is 11.1 Å². The second kappa shape index (κ2) is 7.93. The number of carbonyl (C=O) groups excluding carboxylic acids is 1. The number of benzene rings is 1. The highest BCUT2D eigenvalue weighted by molar-refractivity contribution is 5.95. The zero-order chi connectivity index (χ0) is 22.0. The highest BCUT2D eigenvalue weighted by Crippen LogP contribution is 2.49. The Morgan fingerprint density at radius 2 is 1.97 bits per heavy atom. The summed E-state index contributed by atoms with van der Waals surface area (Å²) in [5, 5.41) is 9.09. The summed E-state index contributed by atoms with van der Waals surface area (Å²) in [5.74, 6) is -10.4. The van der Waals surface area contributed by atoms with E-state index in [1.165, 1.54) is 0 Å². The summed E-state index contributed by atoms with van der Waals surface area (Å²) in [6.45, 7) is -0.619. The molecular weight excluding hydrogens is 405 g/mol. The summed E-state index contributed by atoms with van der Waals surface area (Å²) < 4.78 is 74.1. The van der Waals surface area contributed by atoms with Crippen molar-refractivity contribution in [3.05, 3.63) is 29.6 Å². The quantitative estimate of drug-likeness (QED) is 0.510. The molecule has 1 amide bonds. The standard InChI is InChI=1S/C16H16F5N3O2.CH2O2/c1-14(16(20,21)7-26-6-12(22)24-14)9-4-8(2-3-11(9)17)23-13(25)10-5-15(10,18)19;2-1-3/h2-4,10H,5-7H2,1H3,(H2,22,24)(H,23,25);1H,(H,2,3). The van der Waals surface area contributed by atoms with Crippen molar-refractivity contribution in [2.75, 3.05) is 18.5 Å². The van der Waals surface area contributed by atoms with Crippen molar-refractivity contribution in [3.8, 4) is 0 Å². The van der Waals surface area contributed by atoms with Gasteiger partial charge in [0, 0.05) is 17.7 Å². The minimum Gasteiger partial charge on any atom is -0.483 e. The molecule has 0 bridgehead atoms. The maximum Gasteiger partial charge on any atom is 0.299 e. The second-order valence-electron chi connectivity index (χ2n) is 6.68. The predicted octanol–water partition coefficient (Wildman–Crippen LogP) is 2.36. The number of rotatable bonds is 3. The lowest BCUT2D eigenvalue weighted by Crippen LogP contribution is -2.45. The summed E-state index contributed by atoms with van der Waals surface area (Å²) in [5.41, 5.74) is 2.52. The molecular formula is C17H18F5N3O4. The van der Waals surface area contributed by atoms with Crippen LogP contribution in [0.5, 0.6) is 0 Å². The van der Waals surface area contributed by atoms with Gasteiger partial charge in [-0.1, -0.05) is 0 Å². The molecule has 3 rings (SSSR count). The Kier molecular flexibility index (Phi) is 6.16. The van der Waals surface area contributed by atoms with Gasteiger partial charge in [0.15, 0.2) is 5.54 Å². The third kappa shape index (κ3) is 4.63. The van der Waals surface area contributed by atoms with Gasteiger partial charge in [0.1, 0.15) is 30.8 Å². The number of carboxylic acid groups (broad SMARTS) is 1. The number of ether oxygens (including phenoxy) is 1. The van der Waals surface area contributed by atoms with Crippen molar-refractivity contribution in [2.45, 2.75) is 30.7 Å². The third-order valence-corrected chi connectivity index (χ3v) is 4.51. The normalized spacial score (nSPS) is 26.8. The Balaban J connectivity index is 0.000000941. The second-order valence-corrected chi connectivity index (χ2v) is 6.68. The average Bonchev–Trinajstić information content (AvgIpc) is 3.26. The van der Waals surface area contributed by atoms with Crippen LogP contribution in [0.4, 0.5) is 27.6 Å². The fourth-order valence-electron chi connectivity index (χ4n) is 2.79. The molecule has 1 fully saturated rings. The van der Waals surface area contributed by atoms with Gasteiger partial charge in [-0.25, -0.2) is 22.0 Å². The number of alkyl halides is 4. The molecule has 1 saturated carbocycles. The Morgan fingerprint density at radius 3 is 2.52 bits per heavy atom. The molecule has 29 heavy (non-hydrogen) atoms. The van der Waals surface area contributed by atoms with Crippen molar-refractivity contribution < 1.29 is 41.4 Å². The molecule has 1 aliphatic heterocycles. The maximum atomic E-state index is 14.5. The number of nitrogens with one attached hydrogen (secondary N) is 1. The summed E-state index contributed by atoms with van der Waals surface area (Å²) in [7, 11) is 0. The number of anilines is 1. The summed E-state index contributed by atoms with van der Waals surface area (Å²) in [6.07, 6.45) is -0.583. The number of nitrogens with zero attached hydrogens (tertiary/aromatic N) is 1. The molecule has 12 heteroatoms. The molecule has 1 aliphatic carbocycles. The smallest absolute Gasteiger partial charge is 0.299 e. The maximum absolute atomic E-state index is 14.5. The van der Waals surface area contributed by atoms with Gasteiger partial charge in [0.2, 0.25) is 5.91 Å². The Morgan fingerprint density at radius 1 is 1.38 bits per heavy atom. The van der Waals surface area contributed by atoms with E-state index in [9.17, 15) is 26.7 Å². The van der Waals surface area contributed by atoms with Gasteiger partial charge in [0.05, 0.1) is 0 Å². The molecule has 0 radical (unpaired) electrons. The van der Waals surface area contributed by atoms with Crippen molar-refractivity contribution >= 4 is 23.9 Å². The SMILES string of the molecule is CC1(c2cc(NC(=O)C3CC3(F)F)ccc2F)N=C(N)COCC1(F)F.O=CO. The number of hydrogen-bond acceptors (Lipinski definition) is 5. The monoisotopic (exact) mass is 423 g/mol. The molecule has 2 atom stereocenters. The fraction of sp³-hybridized carbons (Fsp3) is 0.471. The van der Waals surface area contributed by atoms with E-state index in [0.29, 0.717) is 0 Å². The van der Waals surface area contributed by atoms with Crippen LogP contribution in [0.2, 0.25) is 0 Å². The number of amides is 1. The molecule has 7 nitrogen and oxygen atoms in total. The molecule has 4 N–H and O–H groups in total. The first-order chi connectivity index (χ1) is 13.4. The van der Waals surface area contributed by atoms with E-state index < -0.39 is 53.6 Å². The zero-order valence-electron chi connectivity index (χ0n) is 15.1. The van der Waals surface area contributed by atoms with Crippen LogP contribution in [0.1, 0.15) is 18.9 Å².